The summed E-state index contributed by atoms with van der Waals surface area (Å²) in [7, 11) is 3.59. The number of amides is 1. The number of carbonyl (C=O) groups excluding carboxylic acids is 1. The molecule has 1 N–H and O–H groups in total. The first-order valence-electron chi connectivity index (χ1n) is 11.4. The van der Waals surface area contributed by atoms with E-state index in [0.29, 0.717) is 11.4 Å². The number of H-pyrrole nitrogens is 1. The van der Waals surface area contributed by atoms with Crippen LogP contribution in [0.4, 0.5) is 5.69 Å². The molecule has 0 aliphatic carbocycles. The van der Waals surface area contributed by atoms with E-state index in [-0.39, 0.29) is 17.9 Å². The van der Waals surface area contributed by atoms with Crippen LogP contribution in [0.2, 0.25) is 0 Å². The predicted octanol–water partition coefficient (Wildman–Crippen LogP) is 4.23. The van der Waals surface area contributed by atoms with Crippen LogP contribution < -0.4 is 9.64 Å². The minimum absolute atomic E-state index is 0.0178. The van der Waals surface area contributed by atoms with Gasteiger partial charge in [0.15, 0.2) is 5.69 Å². The van der Waals surface area contributed by atoms with Gasteiger partial charge in [0.2, 0.25) is 0 Å². The van der Waals surface area contributed by atoms with Crippen molar-refractivity contribution in [2.24, 2.45) is 5.10 Å². The third-order valence-corrected chi connectivity index (χ3v) is 6.95. The number of para-hydroxylation sites is 1. The van der Waals surface area contributed by atoms with E-state index in [2.05, 4.69) is 27.4 Å². The molecule has 0 saturated carbocycles. The topological polar surface area (TPSA) is 99.8 Å². The van der Waals surface area contributed by atoms with E-state index in [1.54, 1.807) is 18.1 Å². The lowest BCUT2D eigenvalue weighted by Gasteiger charge is -2.28. The second-order valence-corrected chi connectivity index (χ2v) is 8.76. The quantitative estimate of drug-likeness (QED) is 0.471. The van der Waals surface area contributed by atoms with E-state index in [0.717, 1.165) is 33.8 Å². The standard InChI is InChI=1S/C26H24N6O3/c1-15-19(14-27-31(15)2)23-22-24(29-28-23)26(33)32(25(22)18-6-4-5-7-21(18)34-3)17-10-8-16(9-11-17)20-12-13-35-30-20/h4-15,19,25H,1-3H3,(H,28,29). The molecular formula is C26H24N6O3. The van der Waals surface area contributed by atoms with E-state index < -0.39 is 6.04 Å². The monoisotopic (exact) mass is 468 g/mol. The Balaban J connectivity index is 1.50. The van der Waals surface area contributed by atoms with Gasteiger partial charge in [0.05, 0.1) is 30.8 Å². The fourth-order valence-electron chi connectivity index (χ4n) is 4.98. The zero-order valence-corrected chi connectivity index (χ0v) is 19.5. The third-order valence-electron chi connectivity index (χ3n) is 6.95. The minimum atomic E-state index is -0.410. The number of aromatic amines is 1. The third kappa shape index (κ3) is 3.23. The molecule has 176 valence electrons. The van der Waals surface area contributed by atoms with Crippen molar-refractivity contribution in [3.05, 3.63) is 83.4 Å². The Morgan fingerprint density at radius 2 is 1.89 bits per heavy atom. The fraction of sp³-hybridized carbons (Fsp3) is 0.231. The van der Waals surface area contributed by atoms with Crippen LogP contribution in [0.15, 0.2) is 70.5 Å². The van der Waals surface area contributed by atoms with E-state index in [1.165, 1.54) is 6.26 Å². The highest BCUT2D eigenvalue weighted by Crippen LogP contribution is 2.47. The SMILES string of the molecule is COc1ccccc1C1c2c(n[nH]c2C2C=NN(C)C2C)C(=O)N1c1ccc(-c2ccon2)cc1. The molecule has 9 heteroatoms. The summed E-state index contributed by atoms with van der Waals surface area (Å²) in [4.78, 5) is 15.6. The van der Waals surface area contributed by atoms with E-state index in [4.69, 9.17) is 9.26 Å². The average Bonchev–Trinajstić information content (AvgIpc) is 3.67. The summed E-state index contributed by atoms with van der Waals surface area (Å²) in [5.74, 6) is 0.527. The Morgan fingerprint density at radius 3 is 2.57 bits per heavy atom. The number of hydrogen-bond donors (Lipinski definition) is 1. The van der Waals surface area contributed by atoms with E-state index >= 15 is 0 Å². The summed E-state index contributed by atoms with van der Waals surface area (Å²) < 4.78 is 10.7. The van der Waals surface area contributed by atoms with Gasteiger partial charge in [-0.05, 0) is 25.1 Å². The maximum atomic E-state index is 13.8. The molecule has 4 aromatic rings. The maximum absolute atomic E-state index is 13.8. The molecule has 0 saturated heterocycles. The number of anilines is 1. The number of likely N-dealkylation sites (N-methyl/N-ethyl adjacent to an activating group) is 1. The van der Waals surface area contributed by atoms with Gasteiger partial charge >= 0.3 is 0 Å². The molecule has 0 radical (unpaired) electrons. The highest BCUT2D eigenvalue weighted by molar-refractivity contribution is 6.11. The number of carbonyl (C=O) groups is 1. The summed E-state index contributed by atoms with van der Waals surface area (Å²) in [6, 6.07) is 17.0. The molecule has 2 aliphatic rings. The molecule has 0 fully saturated rings. The van der Waals surface area contributed by atoms with Crippen LogP contribution in [0, 0.1) is 0 Å². The second kappa shape index (κ2) is 8.12. The Morgan fingerprint density at radius 1 is 1.09 bits per heavy atom. The first kappa shape index (κ1) is 21.2. The number of methoxy groups -OCH3 is 1. The molecule has 0 bridgehead atoms. The van der Waals surface area contributed by atoms with Crippen LogP contribution >= 0.6 is 0 Å². The first-order chi connectivity index (χ1) is 17.1. The number of hydrogen-bond acceptors (Lipinski definition) is 7. The number of ether oxygens (including phenoxy) is 1. The maximum Gasteiger partial charge on any atom is 0.280 e. The van der Waals surface area contributed by atoms with E-state index in [9.17, 15) is 4.79 Å². The molecule has 2 aromatic heterocycles. The smallest absolute Gasteiger partial charge is 0.280 e. The molecule has 3 atom stereocenters. The van der Waals surface area contributed by atoms with E-state index in [1.807, 2.05) is 66.8 Å². The lowest BCUT2D eigenvalue weighted by atomic mass is 9.90. The van der Waals surface area contributed by atoms with Gasteiger partial charge in [-0.3, -0.25) is 19.8 Å². The highest BCUT2D eigenvalue weighted by atomic mass is 16.5. The molecule has 2 aromatic carbocycles. The number of nitrogens with zero attached hydrogens (tertiary/aromatic N) is 5. The summed E-state index contributed by atoms with van der Waals surface area (Å²) in [5, 5.41) is 18.0. The minimum Gasteiger partial charge on any atom is -0.496 e. The normalized spacial score (nSPS) is 21.1. The average molecular weight is 469 g/mol. The van der Waals surface area contributed by atoms with Crippen LogP contribution in [0.5, 0.6) is 5.75 Å². The van der Waals surface area contributed by atoms with Gasteiger partial charge in [0, 0.05) is 41.7 Å². The molecule has 35 heavy (non-hydrogen) atoms. The number of rotatable bonds is 5. The second-order valence-electron chi connectivity index (χ2n) is 8.76. The number of benzene rings is 2. The van der Waals surface area contributed by atoms with Gasteiger partial charge < -0.3 is 9.26 Å². The van der Waals surface area contributed by atoms with Crippen molar-refractivity contribution in [3.8, 4) is 17.0 Å². The van der Waals surface area contributed by atoms with Crippen LogP contribution in [0.25, 0.3) is 11.3 Å². The molecule has 4 heterocycles. The number of nitrogens with one attached hydrogen (secondary N) is 1. The van der Waals surface area contributed by atoms with Crippen molar-refractivity contribution >= 4 is 17.8 Å². The van der Waals surface area contributed by atoms with Crippen molar-refractivity contribution in [1.82, 2.24) is 20.4 Å². The van der Waals surface area contributed by atoms with Crippen molar-refractivity contribution in [2.45, 2.75) is 24.9 Å². The largest absolute Gasteiger partial charge is 0.496 e. The Hall–Kier alpha value is -4.40. The number of fused-ring (bicyclic) bond motifs is 1. The van der Waals surface area contributed by atoms with Crippen molar-refractivity contribution in [1.29, 1.82) is 0 Å². The molecule has 2 aliphatic heterocycles. The van der Waals surface area contributed by atoms with Crippen LogP contribution in [0.1, 0.15) is 46.2 Å². The molecule has 1 amide bonds. The van der Waals surface area contributed by atoms with Gasteiger partial charge in [-0.15, -0.1) is 0 Å². The van der Waals surface area contributed by atoms with Crippen molar-refractivity contribution in [3.63, 3.8) is 0 Å². The van der Waals surface area contributed by atoms with Gasteiger partial charge in [-0.2, -0.15) is 10.2 Å². The van der Waals surface area contributed by atoms with Crippen LogP contribution in [0.3, 0.4) is 0 Å². The number of aromatic nitrogens is 3. The zero-order chi connectivity index (χ0) is 24.1. The lowest BCUT2D eigenvalue weighted by molar-refractivity contribution is 0.0988. The fourth-order valence-corrected chi connectivity index (χ4v) is 4.98. The Kier molecular flexibility index (Phi) is 4.91. The van der Waals surface area contributed by atoms with Gasteiger partial charge in [0.1, 0.15) is 17.7 Å². The summed E-state index contributed by atoms with van der Waals surface area (Å²) in [6.45, 7) is 2.11. The van der Waals surface area contributed by atoms with Crippen molar-refractivity contribution in [2.75, 3.05) is 19.1 Å². The molecule has 3 unspecified atom stereocenters. The molecule has 0 spiro atoms. The highest BCUT2D eigenvalue weighted by Gasteiger charge is 2.46. The lowest BCUT2D eigenvalue weighted by Crippen LogP contribution is -2.30. The molecular weight excluding hydrogens is 444 g/mol. The van der Waals surface area contributed by atoms with Gasteiger partial charge in [-0.25, -0.2) is 0 Å². The molecule has 9 nitrogen and oxygen atoms in total. The summed E-state index contributed by atoms with van der Waals surface area (Å²) in [6.07, 6.45) is 3.45. The van der Waals surface area contributed by atoms with Gasteiger partial charge in [0.25, 0.3) is 5.91 Å². The number of hydrazone groups is 1. The Labute approximate surface area is 202 Å². The zero-order valence-electron chi connectivity index (χ0n) is 19.5. The molecule has 6 rings (SSSR count). The summed E-state index contributed by atoms with van der Waals surface area (Å²) in [5.41, 5.74) is 5.46. The van der Waals surface area contributed by atoms with Crippen LogP contribution in [-0.2, 0) is 0 Å². The first-order valence-corrected chi connectivity index (χ1v) is 11.4. The van der Waals surface area contributed by atoms with Gasteiger partial charge in [-0.1, -0.05) is 35.5 Å². The van der Waals surface area contributed by atoms with Crippen molar-refractivity contribution < 1.29 is 14.1 Å². The predicted molar refractivity (Wildman–Crippen MR) is 131 cm³/mol. The summed E-state index contributed by atoms with van der Waals surface area (Å²) >= 11 is 0. The van der Waals surface area contributed by atoms with Crippen LogP contribution in [-0.4, -0.2) is 52.7 Å². The Bertz CT molecular complexity index is 1410.